The van der Waals surface area contributed by atoms with Crippen molar-refractivity contribution >= 4 is 11.5 Å². The number of hydrogen-bond donors (Lipinski definition) is 1. The van der Waals surface area contributed by atoms with Gasteiger partial charge in [-0.25, -0.2) is 4.98 Å². The Balaban J connectivity index is 1.98. The highest BCUT2D eigenvalue weighted by atomic mass is 16.5. The van der Waals surface area contributed by atoms with Crippen molar-refractivity contribution in [3.8, 4) is 0 Å². The van der Waals surface area contributed by atoms with E-state index < -0.39 is 0 Å². The van der Waals surface area contributed by atoms with E-state index in [1.807, 2.05) is 19.1 Å². The zero-order valence-corrected chi connectivity index (χ0v) is 9.02. The van der Waals surface area contributed by atoms with Crippen LogP contribution in [-0.4, -0.2) is 30.8 Å². The van der Waals surface area contributed by atoms with Gasteiger partial charge in [0.2, 0.25) is 0 Å². The topological polar surface area (TPSA) is 51.4 Å². The van der Waals surface area contributed by atoms with Gasteiger partial charge in [0.15, 0.2) is 0 Å². The van der Waals surface area contributed by atoms with Crippen molar-refractivity contribution in [2.24, 2.45) is 0 Å². The second kappa shape index (κ2) is 4.49. The molecule has 2 N–H and O–H groups in total. The van der Waals surface area contributed by atoms with Gasteiger partial charge in [-0.1, -0.05) is 0 Å². The molecule has 1 aliphatic rings. The van der Waals surface area contributed by atoms with Crippen molar-refractivity contribution in [3.05, 3.63) is 18.3 Å². The van der Waals surface area contributed by atoms with E-state index in [1.165, 1.54) is 0 Å². The van der Waals surface area contributed by atoms with E-state index in [1.54, 1.807) is 6.20 Å². The van der Waals surface area contributed by atoms with Gasteiger partial charge < -0.3 is 15.4 Å². The third-order valence-corrected chi connectivity index (χ3v) is 2.64. The Labute approximate surface area is 90.0 Å². The van der Waals surface area contributed by atoms with Gasteiger partial charge in [-0.3, -0.25) is 0 Å². The fourth-order valence-corrected chi connectivity index (χ4v) is 1.89. The number of anilines is 2. The molecule has 0 aliphatic carbocycles. The zero-order valence-electron chi connectivity index (χ0n) is 9.02. The van der Waals surface area contributed by atoms with Crippen molar-refractivity contribution in [2.45, 2.75) is 19.4 Å². The van der Waals surface area contributed by atoms with E-state index in [-0.39, 0.29) is 0 Å². The van der Waals surface area contributed by atoms with Gasteiger partial charge in [0.1, 0.15) is 5.82 Å². The summed E-state index contributed by atoms with van der Waals surface area (Å²) in [6.07, 6.45) is 3.14. The Kier molecular flexibility index (Phi) is 3.06. The first-order valence-electron chi connectivity index (χ1n) is 5.37. The average Bonchev–Trinajstić information content (AvgIpc) is 2.68. The maximum absolute atomic E-state index is 5.59. The van der Waals surface area contributed by atoms with Crippen LogP contribution in [0.2, 0.25) is 0 Å². The van der Waals surface area contributed by atoms with Crippen LogP contribution in [-0.2, 0) is 4.74 Å². The van der Waals surface area contributed by atoms with E-state index in [0.717, 1.165) is 31.9 Å². The summed E-state index contributed by atoms with van der Waals surface area (Å²) in [4.78, 5) is 6.54. The fraction of sp³-hybridized carbons (Fsp3) is 0.545. The number of rotatable bonds is 3. The highest BCUT2D eigenvalue weighted by molar-refractivity contribution is 5.46. The lowest BCUT2D eigenvalue weighted by Crippen LogP contribution is -2.23. The van der Waals surface area contributed by atoms with Gasteiger partial charge in [-0.15, -0.1) is 0 Å². The summed E-state index contributed by atoms with van der Waals surface area (Å²) in [6.45, 7) is 4.77. The van der Waals surface area contributed by atoms with E-state index in [2.05, 4.69) is 9.88 Å². The van der Waals surface area contributed by atoms with Crippen LogP contribution in [0, 0.1) is 0 Å². The molecule has 0 unspecified atom stereocenters. The van der Waals surface area contributed by atoms with Crippen molar-refractivity contribution < 1.29 is 4.74 Å². The number of pyridine rings is 1. The molecule has 1 aromatic heterocycles. The molecule has 0 saturated carbocycles. The average molecular weight is 207 g/mol. The minimum atomic E-state index is 0.356. The van der Waals surface area contributed by atoms with Gasteiger partial charge in [-0.05, 0) is 25.5 Å². The van der Waals surface area contributed by atoms with E-state index in [0.29, 0.717) is 11.8 Å². The summed E-state index contributed by atoms with van der Waals surface area (Å²) in [7, 11) is 0. The van der Waals surface area contributed by atoms with Gasteiger partial charge in [0.25, 0.3) is 0 Å². The molecule has 1 saturated heterocycles. The van der Waals surface area contributed by atoms with Gasteiger partial charge in [0, 0.05) is 19.7 Å². The third kappa shape index (κ3) is 2.39. The first kappa shape index (κ1) is 10.2. The standard InChI is InChI=1S/C11H17N3O/c1-2-15-10-5-6-14(8-10)11-4-3-9(12)7-13-11/h3-4,7,10H,2,5-6,8,12H2,1H3/t10-/m1/s1. The van der Waals surface area contributed by atoms with Gasteiger partial charge in [0.05, 0.1) is 18.0 Å². The summed E-state index contributed by atoms with van der Waals surface area (Å²) in [5.41, 5.74) is 6.30. The Bertz CT molecular complexity index is 312. The summed E-state index contributed by atoms with van der Waals surface area (Å²) in [5.74, 6) is 0.992. The molecule has 15 heavy (non-hydrogen) atoms. The Hall–Kier alpha value is -1.29. The Morgan fingerprint density at radius 2 is 2.47 bits per heavy atom. The highest BCUT2D eigenvalue weighted by Crippen LogP contribution is 2.20. The highest BCUT2D eigenvalue weighted by Gasteiger charge is 2.23. The molecule has 0 spiro atoms. The van der Waals surface area contributed by atoms with Crippen LogP contribution >= 0.6 is 0 Å². The van der Waals surface area contributed by atoms with Crippen LogP contribution in [0.4, 0.5) is 11.5 Å². The normalized spacial score (nSPS) is 20.9. The van der Waals surface area contributed by atoms with Crippen molar-refractivity contribution in [1.29, 1.82) is 0 Å². The zero-order chi connectivity index (χ0) is 10.7. The summed E-state index contributed by atoms with van der Waals surface area (Å²) >= 11 is 0. The quantitative estimate of drug-likeness (QED) is 0.811. The molecule has 1 fully saturated rings. The minimum absolute atomic E-state index is 0.356. The van der Waals surface area contributed by atoms with Crippen LogP contribution < -0.4 is 10.6 Å². The largest absolute Gasteiger partial charge is 0.397 e. The number of hydrogen-bond acceptors (Lipinski definition) is 4. The molecule has 82 valence electrons. The summed E-state index contributed by atoms with van der Waals surface area (Å²) < 4.78 is 5.58. The molecular formula is C11H17N3O. The number of nitrogen functional groups attached to an aromatic ring is 1. The minimum Gasteiger partial charge on any atom is -0.397 e. The van der Waals surface area contributed by atoms with Crippen LogP contribution in [0.25, 0.3) is 0 Å². The number of nitrogens with two attached hydrogens (primary N) is 1. The number of nitrogens with zero attached hydrogens (tertiary/aromatic N) is 2. The maximum Gasteiger partial charge on any atom is 0.128 e. The van der Waals surface area contributed by atoms with Gasteiger partial charge in [-0.2, -0.15) is 0 Å². The number of ether oxygens (including phenoxy) is 1. The van der Waals surface area contributed by atoms with Crippen LogP contribution in [0.5, 0.6) is 0 Å². The van der Waals surface area contributed by atoms with Crippen molar-refractivity contribution in [1.82, 2.24) is 4.98 Å². The molecule has 0 amide bonds. The second-order valence-electron chi connectivity index (χ2n) is 3.76. The molecule has 2 rings (SSSR count). The lowest BCUT2D eigenvalue weighted by atomic mass is 10.3. The first-order valence-corrected chi connectivity index (χ1v) is 5.37. The third-order valence-electron chi connectivity index (χ3n) is 2.64. The SMILES string of the molecule is CCO[C@@H]1CCN(c2ccc(N)cn2)C1. The van der Waals surface area contributed by atoms with Crippen LogP contribution in [0.3, 0.4) is 0 Å². The van der Waals surface area contributed by atoms with E-state index >= 15 is 0 Å². The smallest absolute Gasteiger partial charge is 0.128 e. The van der Waals surface area contributed by atoms with E-state index in [4.69, 9.17) is 10.5 Å². The molecule has 4 nitrogen and oxygen atoms in total. The monoisotopic (exact) mass is 207 g/mol. The second-order valence-corrected chi connectivity index (χ2v) is 3.76. The van der Waals surface area contributed by atoms with Crippen molar-refractivity contribution in [2.75, 3.05) is 30.3 Å². The molecular weight excluding hydrogens is 190 g/mol. The molecule has 2 heterocycles. The Morgan fingerprint density at radius 3 is 3.13 bits per heavy atom. The molecule has 0 radical (unpaired) electrons. The number of aromatic nitrogens is 1. The fourth-order valence-electron chi connectivity index (χ4n) is 1.89. The molecule has 1 aromatic rings. The van der Waals surface area contributed by atoms with Crippen LogP contribution in [0.15, 0.2) is 18.3 Å². The lowest BCUT2D eigenvalue weighted by molar-refractivity contribution is 0.0787. The summed E-state index contributed by atoms with van der Waals surface area (Å²) in [6, 6.07) is 3.85. The molecule has 4 heteroatoms. The van der Waals surface area contributed by atoms with Crippen LogP contribution in [0.1, 0.15) is 13.3 Å². The molecule has 1 atom stereocenters. The molecule has 0 aromatic carbocycles. The van der Waals surface area contributed by atoms with Gasteiger partial charge >= 0.3 is 0 Å². The first-order chi connectivity index (χ1) is 7.29. The maximum atomic E-state index is 5.59. The Morgan fingerprint density at radius 1 is 1.60 bits per heavy atom. The van der Waals surface area contributed by atoms with E-state index in [9.17, 15) is 0 Å². The lowest BCUT2D eigenvalue weighted by Gasteiger charge is -2.17. The molecule has 0 bridgehead atoms. The summed E-state index contributed by atoms with van der Waals surface area (Å²) in [5, 5.41) is 0. The predicted octanol–water partition coefficient (Wildman–Crippen LogP) is 1.28. The van der Waals surface area contributed by atoms with Crippen molar-refractivity contribution in [3.63, 3.8) is 0 Å². The predicted molar refractivity (Wildman–Crippen MR) is 60.9 cm³/mol. The molecule has 1 aliphatic heterocycles.